The minimum Gasteiger partial charge on any atom is -0.393 e. The summed E-state index contributed by atoms with van der Waals surface area (Å²) in [7, 11) is 0. The molecule has 1 saturated heterocycles. The van der Waals surface area contributed by atoms with E-state index in [9.17, 15) is 5.11 Å². The predicted molar refractivity (Wildman–Crippen MR) is 89.2 cm³/mol. The standard InChI is InChI=1S/C18H36N2O/c1-18(2,3)17(21)10-15-9-16(19)13-20(12-15)11-14-7-5-4-6-8-14/h14-17,21H,4-13,19H2,1-3H3. The van der Waals surface area contributed by atoms with Crippen molar-refractivity contribution in [3.05, 3.63) is 0 Å². The zero-order valence-electron chi connectivity index (χ0n) is 14.4. The molecule has 1 saturated carbocycles. The lowest BCUT2D eigenvalue weighted by atomic mass is 9.80. The molecule has 2 fully saturated rings. The topological polar surface area (TPSA) is 49.5 Å². The number of piperidine rings is 1. The summed E-state index contributed by atoms with van der Waals surface area (Å²) in [4.78, 5) is 2.59. The van der Waals surface area contributed by atoms with Gasteiger partial charge in [-0.1, -0.05) is 40.0 Å². The Balaban J connectivity index is 1.83. The maximum Gasteiger partial charge on any atom is 0.0591 e. The number of nitrogens with zero attached hydrogens (tertiary/aromatic N) is 1. The van der Waals surface area contributed by atoms with Crippen molar-refractivity contribution < 1.29 is 5.11 Å². The molecule has 0 bridgehead atoms. The highest BCUT2D eigenvalue weighted by molar-refractivity contribution is 4.86. The normalized spacial score (nSPS) is 31.3. The molecule has 3 nitrogen and oxygen atoms in total. The van der Waals surface area contributed by atoms with Crippen LogP contribution in [0.15, 0.2) is 0 Å². The van der Waals surface area contributed by atoms with E-state index >= 15 is 0 Å². The lowest BCUT2D eigenvalue weighted by molar-refractivity contribution is 0.0215. The van der Waals surface area contributed by atoms with Crippen LogP contribution in [-0.2, 0) is 0 Å². The summed E-state index contributed by atoms with van der Waals surface area (Å²) in [5, 5.41) is 10.4. The molecular weight excluding hydrogens is 260 g/mol. The largest absolute Gasteiger partial charge is 0.393 e. The summed E-state index contributed by atoms with van der Waals surface area (Å²) in [5.41, 5.74) is 6.26. The Kier molecular flexibility index (Phi) is 6.10. The number of rotatable bonds is 4. The fourth-order valence-electron chi connectivity index (χ4n) is 4.07. The van der Waals surface area contributed by atoms with E-state index in [-0.39, 0.29) is 11.5 Å². The first-order valence-electron chi connectivity index (χ1n) is 9.00. The predicted octanol–water partition coefficient (Wildman–Crippen LogP) is 3.01. The summed E-state index contributed by atoms with van der Waals surface area (Å²) in [5.74, 6) is 1.45. The molecule has 3 heteroatoms. The third-order valence-electron chi connectivity index (χ3n) is 5.44. The minimum absolute atomic E-state index is 0.0181. The first-order chi connectivity index (χ1) is 9.84. The number of hydrogen-bond acceptors (Lipinski definition) is 3. The Labute approximate surface area is 131 Å². The van der Waals surface area contributed by atoms with E-state index in [1.165, 1.54) is 38.6 Å². The Hall–Kier alpha value is -0.120. The molecule has 0 spiro atoms. The van der Waals surface area contributed by atoms with Gasteiger partial charge in [-0.3, -0.25) is 0 Å². The van der Waals surface area contributed by atoms with E-state index in [2.05, 4.69) is 25.7 Å². The summed E-state index contributed by atoms with van der Waals surface area (Å²) >= 11 is 0. The van der Waals surface area contributed by atoms with Gasteiger partial charge in [-0.15, -0.1) is 0 Å². The van der Waals surface area contributed by atoms with Gasteiger partial charge in [0.05, 0.1) is 6.10 Å². The van der Waals surface area contributed by atoms with Gasteiger partial charge in [0, 0.05) is 25.7 Å². The van der Waals surface area contributed by atoms with Gasteiger partial charge in [0.25, 0.3) is 0 Å². The molecule has 0 amide bonds. The lowest BCUT2D eigenvalue weighted by Crippen LogP contribution is -2.49. The molecular formula is C18H36N2O. The molecule has 2 aliphatic rings. The SMILES string of the molecule is CC(C)(C)C(O)CC1CC(N)CN(CC2CCCCC2)C1. The van der Waals surface area contributed by atoms with Crippen LogP contribution >= 0.6 is 0 Å². The first kappa shape index (κ1) is 17.2. The van der Waals surface area contributed by atoms with Crippen LogP contribution in [0.5, 0.6) is 0 Å². The van der Waals surface area contributed by atoms with E-state index in [1.807, 2.05) is 0 Å². The number of hydrogen-bond donors (Lipinski definition) is 2. The molecule has 0 aromatic rings. The van der Waals surface area contributed by atoms with Crippen LogP contribution in [0, 0.1) is 17.3 Å². The summed E-state index contributed by atoms with van der Waals surface area (Å²) in [6.07, 6.45) is 8.82. The van der Waals surface area contributed by atoms with Crippen molar-refractivity contribution in [3.8, 4) is 0 Å². The Morgan fingerprint density at radius 2 is 1.76 bits per heavy atom. The highest BCUT2D eigenvalue weighted by Crippen LogP contribution is 2.30. The summed E-state index contributed by atoms with van der Waals surface area (Å²) in [6.45, 7) is 9.80. The minimum atomic E-state index is -0.218. The van der Waals surface area contributed by atoms with Crippen LogP contribution < -0.4 is 5.73 Å². The number of nitrogens with two attached hydrogens (primary N) is 1. The van der Waals surface area contributed by atoms with Crippen molar-refractivity contribution in [1.82, 2.24) is 4.90 Å². The number of aliphatic hydroxyl groups is 1. The van der Waals surface area contributed by atoms with Gasteiger partial charge in [-0.25, -0.2) is 0 Å². The summed E-state index contributed by atoms with van der Waals surface area (Å²) in [6, 6.07) is 0.291. The van der Waals surface area contributed by atoms with Gasteiger partial charge in [-0.2, -0.15) is 0 Å². The fraction of sp³-hybridized carbons (Fsp3) is 1.00. The molecule has 3 unspecified atom stereocenters. The maximum atomic E-state index is 10.4. The monoisotopic (exact) mass is 296 g/mol. The summed E-state index contributed by atoms with van der Waals surface area (Å²) < 4.78 is 0. The molecule has 3 N–H and O–H groups in total. The lowest BCUT2D eigenvalue weighted by Gasteiger charge is -2.40. The van der Waals surface area contributed by atoms with E-state index in [0.29, 0.717) is 12.0 Å². The Morgan fingerprint density at radius 1 is 1.10 bits per heavy atom. The van der Waals surface area contributed by atoms with Gasteiger partial charge >= 0.3 is 0 Å². The van der Waals surface area contributed by atoms with Crippen LogP contribution in [-0.4, -0.2) is 41.8 Å². The van der Waals surface area contributed by atoms with Crippen LogP contribution in [0.3, 0.4) is 0 Å². The second-order valence-corrected chi connectivity index (χ2v) is 8.70. The first-order valence-corrected chi connectivity index (χ1v) is 9.00. The zero-order valence-corrected chi connectivity index (χ0v) is 14.4. The van der Waals surface area contributed by atoms with Crippen LogP contribution in [0.1, 0.15) is 65.7 Å². The molecule has 2 rings (SSSR count). The van der Waals surface area contributed by atoms with E-state index in [4.69, 9.17) is 5.73 Å². The average Bonchev–Trinajstić information content (AvgIpc) is 2.38. The van der Waals surface area contributed by atoms with Crippen molar-refractivity contribution in [2.75, 3.05) is 19.6 Å². The van der Waals surface area contributed by atoms with Crippen LogP contribution in [0.4, 0.5) is 0 Å². The van der Waals surface area contributed by atoms with Crippen molar-refractivity contribution >= 4 is 0 Å². The molecule has 0 aromatic carbocycles. The molecule has 1 aliphatic carbocycles. The third kappa shape index (κ3) is 5.54. The van der Waals surface area contributed by atoms with Gasteiger partial charge in [0.1, 0.15) is 0 Å². The quantitative estimate of drug-likeness (QED) is 0.838. The van der Waals surface area contributed by atoms with E-state index < -0.39 is 0 Å². The zero-order chi connectivity index (χ0) is 15.5. The molecule has 1 heterocycles. The number of aliphatic hydroxyl groups excluding tert-OH is 1. The highest BCUT2D eigenvalue weighted by atomic mass is 16.3. The van der Waals surface area contributed by atoms with Crippen molar-refractivity contribution in [1.29, 1.82) is 0 Å². The second-order valence-electron chi connectivity index (χ2n) is 8.70. The van der Waals surface area contributed by atoms with Crippen molar-refractivity contribution in [2.45, 2.75) is 77.9 Å². The molecule has 1 aliphatic heterocycles. The second kappa shape index (κ2) is 7.43. The van der Waals surface area contributed by atoms with Crippen molar-refractivity contribution in [3.63, 3.8) is 0 Å². The van der Waals surface area contributed by atoms with E-state index in [1.54, 1.807) is 0 Å². The smallest absolute Gasteiger partial charge is 0.0591 e. The van der Waals surface area contributed by atoms with Gasteiger partial charge in [-0.05, 0) is 42.9 Å². The molecule has 0 aromatic heterocycles. The molecule has 21 heavy (non-hydrogen) atoms. The maximum absolute atomic E-state index is 10.4. The average molecular weight is 296 g/mol. The molecule has 0 radical (unpaired) electrons. The third-order valence-corrected chi connectivity index (χ3v) is 5.44. The van der Waals surface area contributed by atoms with E-state index in [0.717, 1.165) is 31.8 Å². The van der Waals surface area contributed by atoms with Gasteiger partial charge < -0.3 is 15.7 Å². The van der Waals surface area contributed by atoms with Gasteiger partial charge in [0.2, 0.25) is 0 Å². The van der Waals surface area contributed by atoms with Crippen LogP contribution in [0.25, 0.3) is 0 Å². The van der Waals surface area contributed by atoms with Gasteiger partial charge in [0.15, 0.2) is 0 Å². The Morgan fingerprint density at radius 3 is 2.38 bits per heavy atom. The van der Waals surface area contributed by atoms with Crippen LogP contribution in [0.2, 0.25) is 0 Å². The highest BCUT2D eigenvalue weighted by Gasteiger charge is 2.31. The van der Waals surface area contributed by atoms with Crippen molar-refractivity contribution in [2.24, 2.45) is 23.0 Å². The molecule has 124 valence electrons. The fourth-order valence-corrected chi connectivity index (χ4v) is 4.07. The molecule has 3 atom stereocenters. The Bertz CT molecular complexity index is 307. The number of likely N-dealkylation sites (tertiary alicyclic amines) is 1.